The van der Waals surface area contributed by atoms with Gasteiger partial charge in [-0.1, -0.05) is 0 Å². The van der Waals surface area contributed by atoms with Gasteiger partial charge in [-0.15, -0.1) is 0 Å². The van der Waals surface area contributed by atoms with Crippen molar-refractivity contribution in [1.82, 2.24) is 4.90 Å². The van der Waals surface area contributed by atoms with Crippen LogP contribution in [0.5, 0.6) is 0 Å². The highest BCUT2D eigenvalue weighted by atomic mass is 16.3. The minimum Gasteiger partial charge on any atom is -0.390 e. The van der Waals surface area contributed by atoms with Crippen LogP contribution in [0.15, 0.2) is 0 Å². The lowest BCUT2D eigenvalue weighted by Gasteiger charge is -2.26. The van der Waals surface area contributed by atoms with Crippen molar-refractivity contribution in [2.24, 2.45) is 0 Å². The molecule has 0 saturated carbocycles. The van der Waals surface area contributed by atoms with Gasteiger partial charge in [0.05, 0.1) is 5.60 Å². The third-order valence-electron chi connectivity index (χ3n) is 1.68. The molecule has 2 nitrogen and oxygen atoms in total. The molecule has 2 heteroatoms. The van der Waals surface area contributed by atoms with Crippen molar-refractivity contribution < 1.29 is 5.11 Å². The van der Waals surface area contributed by atoms with Gasteiger partial charge in [0.25, 0.3) is 0 Å². The summed E-state index contributed by atoms with van der Waals surface area (Å²) >= 11 is 0. The van der Waals surface area contributed by atoms with Crippen molar-refractivity contribution in [1.29, 1.82) is 0 Å². The Labute approximate surface area is 63.8 Å². The van der Waals surface area contributed by atoms with Gasteiger partial charge in [-0.2, -0.15) is 0 Å². The Hall–Kier alpha value is -0.0800. The van der Waals surface area contributed by atoms with E-state index in [9.17, 15) is 5.11 Å². The third kappa shape index (κ3) is 4.77. The van der Waals surface area contributed by atoms with Crippen molar-refractivity contribution in [2.75, 3.05) is 14.1 Å². The molecule has 0 heterocycles. The molecule has 1 unspecified atom stereocenters. The first-order chi connectivity index (χ1) is 4.33. The van der Waals surface area contributed by atoms with Gasteiger partial charge in [0, 0.05) is 6.04 Å². The fourth-order valence-electron chi connectivity index (χ4n) is 0.906. The standard InChI is InChI=1S/C8H19NO/c1-7(9(4)5)6-8(2,3)10/h7,10H,6H2,1-5H3. The molecule has 0 radical (unpaired) electrons. The van der Waals surface area contributed by atoms with Gasteiger partial charge in [0.15, 0.2) is 0 Å². The largest absolute Gasteiger partial charge is 0.390 e. The Bertz CT molecular complexity index is 93.9. The second kappa shape index (κ2) is 3.35. The van der Waals surface area contributed by atoms with E-state index in [4.69, 9.17) is 0 Å². The van der Waals surface area contributed by atoms with Crippen molar-refractivity contribution in [3.05, 3.63) is 0 Å². The molecule has 0 aromatic carbocycles. The van der Waals surface area contributed by atoms with Crippen LogP contribution in [0, 0.1) is 0 Å². The first kappa shape index (κ1) is 9.92. The Kier molecular flexibility index (Phi) is 3.33. The molecular weight excluding hydrogens is 126 g/mol. The van der Waals surface area contributed by atoms with Crippen LogP contribution in [0.4, 0.5) is 0 Å². The molecule has 0 spiro atoms. The highest BCUT2D eigenvalue weighted by Crippen LogP contribution is 2.12. The summed E-state index contributed by atoms with van der Waals surface area (Å²) in [5.74, 6) is 0. The van der Waals surface area contributed by atoms with E-state index in [2.05, 4.69) is 11.8 Å². The first-order valence-corrected chi connectivity index (χ1v) is 3.72. The zero-order chi connectivity index (χ0) is 8.36. The van der Waals surface area contributed by atoms with Crippen molar-refractivity contribution >= 4 is 0 Å². The van der Waals surface area contributed by atoms with Crippen LogP contribution in [-0.2, 0) is 0 Å². The SMILES string of the molecule is CC(CC(C)(C)O)N(C)C. The highest BCUT2D eigenvalue weighted by molar-refractivity contribution is 4.72. The Morgan fingerprint density at radius 2 is 1.80 bits per heavy atom. The number of hydrogen-bond acceptors (Lipinski definition) is 2. The van der Waals surface area contributed by atoms with Crippen LogP contribution in [0.1, 0.15) is 27.2 Å². The molecule has 0 aromatic rings. The smallest absolute Gasteiger partial charge is 0.0606 e. The summed E-state index contributed by atoms with van der Waals surface area (Å²) in [7, 11) is 4.05. The fraction of sp³-hybridized carbons (Fsp3) is 1.00. The molecule has 1 atom stereocenters. The molecule has 10 heavy (non-hydrogen) atoms. The third-order valence-corrected chi connectivity index (χ3v) is 1.68. The normalized spacial score (nSPS) is 15.9. The molecule has 1 N–H and O–H groups in total. The summed E-state index contributed by atoms with van der Waals surface area (Å²) in [5.41, 5.74) is -0.538. The maximum absolute atomic E-state index is 9.41. The molecule has 0 bridgehead atoms. The maximum atomic E-state index is 9.41. The minimum absolute atomic E-state index is 0.444. The van der Waals surface area contributed by atoms with E-state index in [1.165, 1.54) is 0 Å². The molecule has 0 rings (SSSR count). The van der Waals surface area contributed by atoms with E-state index >= 15 is 0 Å². The van der Waals surface area contributed by atoms with Gasteiger partial charge in [0.1, 0.15) is 0 Å². The average Bonchev–Trinajstić information content (AvgIpc) is 1.60. The molecule has 0 aliphatic rings. The van der Waals surface area contributed by atoms with Crippen LogP contribution in [0.25, 0.3) is 0 Å². The zero-order valence-corrected chi connectivity index (χ0v) is 7.68. The van der Waals surface area contributed by atoms with Crippen molar-refractivity contribution in [2.45, 2.75) is 38.8 Å². The van der Waals surface area contributed by atoms with Crippen LogP contribution < -0.4 is 0 Å². The van der Waals surface area contributed by atoms with Gasteiger partial charge in [0.2, 0.25) is 0 Å². The van der Waals surface area contributed by atoms with Gasteiger partial charge in [-0.25, -0.2) is 0 Å². The summed E-state index contributed by atoms with van der Waals surface area (Å²) in [6.07, 6.45) is 0.819. The molecule has 0 aliphatic carbocycles. The predicted octanol–water partition coefficient (Wildman–Crippen LogP) is 1.10. The summed E-state index contributed by atoms with van der Waals surface area (Å²) in [5, 5.41) is 9.41. The summed E-state index contributed by atoms with van der Waals surface area (Å²) in [6.45, 7) is 5.79. The number of hydrogen-bond donors (Lipinski definition) is 1. The van der Waals surface area contributed by atoms with Crippen molar-refractivity contribution in [3.8, 4) is 0 Å². The quantitative estimate of drug-likeness (QED) is 0.642. The molecule has 0 fully saturated rings. The van der Waals surface area contributed by atoms with Crippen LogP contribution >= 0.6 is 0 Å². The molecular formula is C8H19NO. The van der Waals surface area contributed by atoms with Crippen LogP contribution in [-0.4, -0.2) is 35.7 Å². The number of aliphatic hydroxyl groups is 1. The lowest BCUT2D eigenvalue weighted by molar-refractivity contribution is 0.0471. The first-order valence-electron chi connectivity index (χ1n) is 3.72. The van der Waals surface area contributed by atoms with Gasteiger partial charge in [-0.3, -0.25) is 0 Å². The van der Waals surface area contributed by atoms with Gasteiger partial charge < -0.3 is 10.0 Å². The lowest BCUT2D eigenvalue weighted by Crippen LogP contribution is -2.33. The number of nitrogens with zero attached hydrogens (tertiary/aromatic N) is 1. The Morgan fingerprint density at radius 1 is 1.40 bits per heavy atom. The summed E-state index contributed by atoms with van der Waals surface area (Å²) < 4.78 is 0. The van der Waals surface area contributed by atoms with Gasteiger partial charge >= 0.3 is 0 Å². The van der Waals surface area contributed by atoms with Crippen molar-refractivity contribution in [3.63, 3.8) is 0 Å². The molecule has 0 aliphatic heterocycles. The molecule has 0 amide bonds. The van der Waals surface area contributed by atoms with E-state index < -0.39 is 5.60 Å². The molecule has 0 saturated heterocycles. The van der Waals surface area contributed by atoms with E-state index in [-0.39, 0.29) is 0 Å². The van der Waals surface area contributed by atoms with E-state index in [0.29, 0.717) is 6.04 Å². The van der Waals surface area contributed by atoms with Crippen LogP contribution in [0.3, 0.4) is 0 Å². The summed E-state index contributed by atoms with van der Waals surface area (Å²) in [6, 6.07) is 0.444. The second-order valence-electron chi connectivity index (χ2n) is 3.83. The maximum Gasteiger partial charge on any atom is 0.0606 e. The van der Waals surface area contributed by atoms with Gasteiger partial charge in [-0.05, 0) is 41.3 Å². The van der Waals surface area contributed by atoms with E-state index in [0.717, 1.165) is 6.42 Å². The monoisotopic (exact) mass is 145 g/mol. The van der Waals surface area contributed by atoms with E-state index in [1.807, 2.05) is 27.9 Å². The zero-order valence-electron chi connectivity index (χ0n) is 7.68. The van der Waals surface area contributed by atoms with Crippen LogP contribution in [0.2, 0.25) is 0 Å². The molecule has 62 valence electrons. The molecule has 0 aromatic heterocycles. The minimum atomic E-state index is -0.538. The Balaban J connectivity index is 3.68. The highest BCUT2D eigenvalue weighted by Gasteiger charge is 2.17. The lowest BCUT2D eigenvalue weighted by atomic mass is 10.00. The average molecular weight is 145 g/mol. The summed E-state index contributed by atoms with van der Waals surface area (Å²) in [4.78, 5) is 2.11. The van der Waals surface area contributed by atoms with E-state index in [1.54, 1.807) is 0 Å². The Morgan fingerprint density at radius 3 is 1.90 bits per heavy atom. The topological polar surface area (TPSA) is 23.5 Å². The predicted molar refractivity (Wildman–Crippen MR) is 44.1 cm³/mol. The number of rotatable bonds is 3. The second-order valence-corrected chi connectivity index (χ2v) is 3.83. The fourth-order valence-corrected chi connectivity index (χ4v) is 0.906.